The third-order valence-corrected chi connectivity index (χ3v) is 3.52. The molecule has 3 nitrogen and oxygen atoms in total. The van der Waals surface area contributed by atoms with Gasteiger partial charge in [0.2, 0.25) is 0 Å². The number of hydrogen-bond donors (Lipinski definition) is 1. The highest BCUT2D eigenvalue weighted by Crippen LogP contribution is 2.33. The summed E-state index contributed by atoms with van der Waals surface area (Å²) in [5.74, 6) is -0.828. The molecule has 1 heterocycles. The molecule has 0 aliphatic heterocycles. The second kappa shape index (κ2) is 5.44. The van der Waals surface area contributed by atoms with Crippen molar-refractivity contribution >= 4 is 39.8 Å². The molecule has 17 heavy (non-hydrogen) atoms. The van der Waals surface area contributed by atoms with Gasteiger partial charge in [-0.25, -0.2) is 9.18 Å². The largest absolute Gasteiger partial charge is 0.465 e. The number of esters is 1. The number of thiophene rings is 1. The molecular weight excluding hydrogens is 265 g/mol. The molecule has 0 aliphatic rings. The molecule has 0 aliphatic carbocycles. The molecule has 0 spiro atoms. The van der Waals surface area contributed by atoms with Gasteiger partial charge in [-0.2, -0.15) is 0 Å². The van der Waals surface area contributed by atoms with Crippen LogP contribution in [-0.4, -0.2) is 13.1 Å². The van der Waals surface area contributed by atoms with Crippen molar-refractivity contribution in [1.29, 1.82) is 0 Å². The average Bonchev–Trinajstić information content (AvgIpc) is 2.68. The van der Waals surface area contributed by atoms with Crippen molar-refractivity contribution in [2.45, 2.75) is 6.54 Å². The van der Waals surface area contributed by atoms with E-state index < -0.39 is 5.97 Å². The van der Waals surface area contributed by atoms with Gasteiger partial charge >= 0.3 is 5.97 Å². The predicted octanol–water partition coefficient (Wildman–Crippen LogP) is 2.71. The SMILES string of the molecule is COC(=O)c1sc2cccc(F)c2c1CN.Cl. The van der Waals surface area contributed by atoms with E-state index in [1.54, 1.807) is 12.1 Å². The molecule has 6 heteroatoms. The Balaban J connectivity index is 0.00000144. The van der Waals surface area contributed by atoms with Crippen molar-refractivity contribution in [3.05, 3.63) is 34.5 Å². The third-order valence-electron chi connectivity index (χ3n) is 2.34. The summed E-state index contributed by atoms with van der Waals surface area (Å²) in [6.07, 6.45) is 0. The number of halogens is 2. The van der Waals surface area contributed by atoms with Crippen molar-refractivity contribution in [3.8, 4) is 0 Å². The summed E-state index contributed by atoms with van der Waals surface area (Å²) in [7, 11) is 1.30. The fourth-order valence-corrected chi connectivity index (χ4v) is 2.78. The minimum absolute atomic E-state index is 0. The molecule has 0 amide bonds. The van der Waals surface area contributed by atoms with Gasteiger partial charge in [-0.05, 0) is 12.1 Å². The smallest absolute Gasteiger partial charge is 0.348 e. The maximum absolute atomic E-state index is 13.6. The molecule has 0 saturated carbocycles. The average molecular weight is 276 g/mol. The van der Waals surface area contributed by atoms with Crippen LogP contribution in [0.2, 0.25) is 0 Å². The van der Waals surface area contributed by atoms with E-state index in [1.165, 1.54) is 24.5 Å². The number of methoxy groups -OCH3 is 1. The number of benzene rings is 1. The van der Waals surface area contributed by atoms with Crippen LogP contribution in [0.3, 0.4) is 0 Å². The van der Waals surface area contributed by atoms with Gasteiger partial charge < -0.3 is 10.5 Å². The molecule has 1 aromatic carbocycles. The lowest BCUT2D eigenvalue weighted by molar-refractivity contribution is 0.0605. The number of fused-ring (bicyclic) bond motifs is 1. The second-order valence-electron chi connectivity index (χ2n) is 3.22. The van der Waals surface area contributed by atoms with Gasteiger partial charge in [0, 0.05) is 22.2 Å². The molecule has 0 fully saturated rings. The van der Waals surface area contributed by atoms with Gasteiger partial charge in [-0.1, -0.05) is 6.07 Å². The Kier molecular flexibility index (Phi) is 4.45. The Labute approximate surface area is 108 Å². The molecule has 0 unspecified atom stereocenters. The van der Waals surface area contributed by atoms with Crippen LogP contribution in [0, 0.1) is 5.82 Å². The van der Waals surface area contributed by atoms with Crippen molar-refractivity contribution < 1.29 is 13.9 Å². The topological polar surface area (TPSA) is 52.3 Å². The molecule has 1 aromatic heterocycles. The molecule has 0 bridgehead atoms. The lowest BCUT2D eigenvalue weighted by Gasteiger charge is -1.99. The third kappa shape index (κ3) is 2.26. The monoisotopic (exact) mass is 275 g/mol. The number of ether oxygens (including phenoxy) is 1. The summed E-state index contributed by atoms with van der Waals surface area (Å²) >= 11 is 1.20. The zero-order valence-corrected chi connectivity index (χ0v) is 10.7. The Hall–Kier alpha value is -1.17. The van der Waals surface area contributed by atoms with Crippen molar-refractivity contribution in [3.63, 3.8) is 0 Å². The van der Waals surface area contributed by atoms with E-state index in [2.05, 4.69) is 4.74 Å². The number of rotatable bonds is 2. The molecule has 2 aromatic rings. The van der Waals surface area contributed by atoms with Crippen LogP contribution >= 0.6 is 23.7 Å². The normalized spacial score (nSPS) is 10.1. The van der Waals surface area contributed by atoms with Gasteiger partial charge in [0.15, 0.2) is 0 Å². The first-order valence-corrected chi connectivity index (χ1v) is 5.49. The fraction of sp³-hybridized carbons (Fsp3) is 0.182. The molecule has 0 saturated heterocycles. The molecule has 2 N–H and O–H groups in total. The van der Waals surface area contributed by atoms with Gasteiger partial charge in [-0.3, -0.25) is 0 Å². The van der Waals surface area contributed by atoms with Crippen LogP contribution in [0.15, 0.2) is 18.2 Å². The van der Waals surface area contributed by atoms with Gasteiger partial charge in [0.05, 0.1) is 7.11 Å². The first-order valence-electron chi connectivity index (χ1n) is 4.67. The standard InChI is InChI=1S/C11H10FNO2S.ClH/c1-15-11(14)10-6(5-13)9-7(12)3-2-4-8(9)16-10;/h2-4H,5,13H2,1H3;1H. The molecule has 0 radical (unpaired) electrons. The van der Waals surface area contributed by atoms with Crippen LogP contribution < -0.4 is 5.73 Å². The van der Waals surface area contributed by atoms with Gasteiger partial charge in [-0.15, -0.1) is 23.7 Å². The number of nitrogens with two attached hydrogens (primary N) is 1. The highest BCUT2D eigenvalue weighted by Gasteiger charge is 2.19. The van der Waals surface area contributed by atoms with Crippen LogP contribution in [0.1, 0.15) is 15.2 Å². The van der Waals surface area contributed by atoms with E-state index in [0.29, 0.717) is 20.5 Å². The van der Waals surface area contributed by atoms with E-state index in [-0.39, 0.29) is 24.8 Å². The zero-order chi connectivity index (χ0) is 11.7. The Bertz CT molecular complexity index is 556. The highest BCUT2D eigenvalue weighted by atomic mass is 35.5. The van der Waals surface area contributed by atoms with E-state index in [0.717, 1.165) is 0 Å². The first-order chi connectivity index (χ1) is 7.69. The van der Waals surface area contributed by atoms with E-state index in [1.807, 2.05) is 0 Å². The summed E-state index contributed by atoms with van der Waals surface area (Å²) in [5.41, 5.74) is 6.07. The Morgan fingerprint density at radius 2 is 2.24 bits per heavy atom. The van der Waals surface area contributed by atoms with Crippen molar-refractivity contribution in [2.24, 2.45) is 5.73 Å². The quantitative estimate of drug-likeness (QED) is 0.858. The Morgan fingerprint density at radius 3 is 2.82 bits per heavy atom. The summed E-state index contributed by atoms with van der Waals surface area (Å²) in [6, 6.07) is 4.72. The Morgan fingerprint density at radius 1 is 1.53 bits per heavy atom. The van der Waals surface area contributed by atoms with Gasteiger partial charge in [0.25, 0.3) is 0 Å². The maximum atomic E-state index is 13.6. The minimum Gasteiger partial charge on any atom is -0.465 e. The predicted molar refractivity (Wildman–Crippen MR) is 68.3 cm³/mol. The van der Waals surface area contributed by atoms with Crippen LogP contribution in [0.4, 0.5) is 4.39 Å². The number of carbonyl (C=O) groups excluding carboxylic acids is 1. The van der Waals surface area contributed by atoms with Crippen LogP contribution in [-0.2, 0) is 11.3 Å². The summed E-state index contributed by atoms with van der Waals surface area (Å²) in [5, 5.41) is 0.426. The van der Waals surface area contributed by atoms with Gasteiger partial charge in [0.1, 0.15) is 10.7 Å². The molecule has 92 valence electrons. The molecule has 2 rings (SSSR count). The van der Waals surface area contributed by atoms with E-state index in [9.17, 15) is 9.18 Å². The summed E-state index contributed by atoms with van der Waals surface area (Å²) in [6.45, 7) is 0.116. The van der Waals surface area contributed by atoms with Crippen LogP contribution in [0.5, 0.6) is 0 Å². The fourth-order valence-electron chi connectivity index (χ4n) is 1.62. The lowest BCUT2D eigenvalue weighted by atomic mass is 10.1. The highest BCUT2D eigenvalue weighted by molar-refractivity contribution is 7.21. The lowest BCUT2D eigenvalue weighted by Crippen LogP contribution is -2.06. The summed E-state index contributed by atoms with van der Waals surface area (Å²) < 4.78 is 19.0. The second-order valence-corrected chi connectivity index (χ2v) is 4.27. The molecular formula is C11H11ClFNO2S. The first kappa shape index (κ1) is 13.9. The zero-order valence-electron chi connectivity index (χ0n) is 9.03. The van der Waals surface area contributed by atoms with Crippen molar-refractivity contribution in [1.82, 2.24) is 0 Å². The van der Waals surface area contributed by atoms with Crippen molar-refractivity contribution in [2.75, 3.05) is 7.11 Å². The number of carbonyl (C=O) groups is 1. The number of hydrogen-bond acceptors (Lipinski definition) is 4. The molecule has 0 atom stereocenters. The maximum Gasteiger partial charge on any atom is 0.348 e. The van der Waals surface area contributed by atoms with E-state index >= 15 is 0 Å². The minimum atomic E-state index is -0.471. The van der Waals surface area contributed by atoms with E-state index in [4.69, 9.17) is 5.73 Å². The van der Waals surface area contributed by atoms with Crippen LogP contribution in [0.25, 0.3) is 10.1 Å². The summed E-state index contributed by atoms with van der Waals surface area (Å²) in [4.78, 5) is 11.9.